The summed E-state index contributed by atoms with van der Waals surface area (Å²) in [4.78, 5) is 20.6. The lowest BCUT2D eigenvalue weighted by atomic mass is 10.2. The first-order chi connectivity index (χ1) is 9.54. The molecule has 7 nitrogen and oxygen atoms in total. The van der Waals surface area contributed by atoms with Gasteiger partial charge >= 0.3 is 5.97 Å². The van der Waals surface area contributed by atoms with Crippen molar-refractivity contribution in [2.24, 2.45) is 5.73 Å². The van der Waals surface area contributed by atoms with Crippen molar-refractivity contribution < 1.29 is 31.9 Å². The Hall–Kier alpha value is -1.59. The van der Waals surface area contributed by atoms with Crippen LogP contribution in [0.4, 0.5) is 8.78 Å². The van der Waals surface area contributed by atoms with Gasteiger partial charge in [-0.25, -0.2) is 17.2 Å². The molecule has 11 heteroatoms. The van der Waals surface area contributed by atoms with Crippen molar-refractivity contribution >= 4 is 37.8 Å². The van der Waals surface area contributed by atoms with E-state index < -0.39 is 55.4 Å². The smallest absolute Gasteiger partial charge is 0.322 e. The summed E-state index contributed by atoms with van der Waals surface area (Å²) in [5.74, 6) is -5.18. The van der Waals surface area contributed by atoms with Gasteiger partial charge in [-0.2, -0.15) is 4.72 Å². The van der Waals surface area contributed by atoms with Crippen molar-refractivity contribution in [2.45, 2.75) is 17.4 Å². The predicted molar refractivity (Wildman–Crippen MR) is 69.6 cm³/mol. The van der Waals surface area contributed by atoms with Crippen LogP contribution in [0.25, 0.3) is 0 Å². The Balaban J connectivity index is 3.23. The molecule has 0 aliphatic heterocycles. The Morgan fingerprint density at radius 2 is 1.95 bits per heavy atom. The van der Waals surface area contributed by atoms with E-state index in [1.807, 2.05) is 0 Å². The third-order valence-electron chi connectivity index (χ3n) is 2.23. The van der Waals surface area contributed by atoms with Crippen LogP contribution in [0.2, 0.25) is 0 Å². The van der Waals surface area contributed by atoms with Crippen LogP contribution >= 0.6 is 15.9 Å². The molecule has 0 saturated heterocycles. The second-order valence-electron chi connectivity index (χ2n) is 3.88. The van der Waals surface area contributed by atoms with Crippen molar-refractivity contribution in [2.75, 3.05) is 0 Å². The number of hydrogen-bond donors (Lipinski definition) is 3. The van der Waals surface area contributed by atoms with Crippen LogP contribution in [0.3, 0.4) is 0 Å². The molecule has 0 aliphatic carbocycles. The zero-order valence-electron chi connectivity index (χ0n) is 10.1. The number of carbonyl (C=O) groups is 2. The first-order valence-electron chi connectivity index (χ1n) is 5.22. The average Bonchev–Trinajstić information content (AvgIpc) is 2.24. The third kappa shape index (κ3) is 4.44. The molecule has 0 aromatic heterocycles. The third-order valence-corrected chi connectivity index (χ3v) is 4.67. The Labute approximate surface area is 126 Å². The summed E-state index contributed by atoms with van der Waals surface area (Å²) in [5, 5.41) is 8.81. The average molecular weight is 387 g/mol. The van der Waals surface area contributed by atoms with Crippen molar-refractivity contribution in [3.05, 3.63) is 28.2 Å². The van der Waals surface area contributed by atoms with E-state index in [2.05, 4.69) is 15.9 Å². The summed E-state index contributed by atoms with van der Waals surface area (Å²) in [6, 6.07) is -0.853. The van der Waals surface area contributed by atoms with Gasteiger partial charge in [-0.1, -0.05) is 0 Å². The highest BCUT2D eigenvalue weighted by Gasteiger charge is 2.30. The van der Waals surface area contributed by atoms with E-state index >= 15 is 0 Å². The molecule has 1 aromatic carbocycles. The molecule has 116 valence electrons. The molecular weight excluding hydrogens is 378 g/mol. The van der Waals surface area contributed by atoms with Crippen LogP contribution in [0.15, 0.2) is 21.5 Å². The maximum Gasteiger partial charge on any atom is 0.322 e. The first kappa shape index (κ1) is 17.5. The number of nitrogens with one attached hydrogen (secondary N) is 1. The largest absolute Gasteiger partial charge is 0.480 e. The van der Waals surface area contributed by atoms with Crippen LogP contribution in [0.5, 0.6) is 0 Å². The summed E-state index contributed by atoms with van der Waals surface area (Å²) >= 11 is 2.67. The standard InChI is InChI=1S/C10H9BrF2N2O5S/c11-5-1-4(12)2-6(13)9(5)21(19,20)15-7(10(17)18)3-8(14)16/h1-2,7,15H,3H2,(H2,14,16)(H,17,18)/t7-/m0/s1. The summed E-state index contributed by atoms with van der Waals surface area (Å²) in [6.07, 6.45) is -0.824. The number of carbonyl (C=O) groups excluding carboxylic acids is 1. The van der Waals surface area contributed by atoms with Crippen LogP contribution < -0.4 is 10.5 Å². The number of halogens is 3. The van der Waals surface area contributed by atoms with Gasteiger partial charge in [-0.3, -0.25) is 9.59 Å². The molecule has 0 saturated carbocycles. The van der Waals surface area contributed by atoms with Crippen molar-refractivity contribution in [3.8, 4) is 0 Å². The fourth-order valence-corrected chi connectivity index (χ4v) is 3.77. The highest BCUT2D eigenvalue weighted by molar-refractivity contribution is 9.10. The summed E-state index contributed by atoms with van der Waals surface area (Å²) in [5.41, 5.74) is 4.80. The van der Waals surface area contributed by atoms with Crippen LogP contribution in [0.1, 0.15) is 6.42 Å². The number of benzene rings is 1. The van der Waals surface area contributed by atoms with E-state index in [0.29, 0.717) is 12.1 Å². The lowest BCUT2D eigenvalue weighted by Crippen LogP contribution is -2.43. The van der Waals surface area contributed by atoms with Crippen LogP contribution in [-0.2, 0) is 19.6 Å². The predicted octanol–water partition coefficient (Wildman–Crippen LogP) is 0.334. The fraction of sp³-hybridized carbons (Fsp3) is 0.200. The lowest BCUT2D eigenvalue weighted by Gasteiger charge is -2.14. The Morgan fingerprint density at radius 3 is 2.38 bits per heavy atom. The van der Waals surface area contributed by atoms with Gasteiger partial charge in [-0.05, 0) is 22.0 Å². The highest BCUT2D eigenvalue weighted by Crippen LogP contribution is 2.26. The van der Waals surface area contributed by atoms with Crippen LogP contribution in [-0.4, -0.2) is 31.4 Å². The van der Waals surface area contributed by atoms with E-state index in [-0.39, 0.29) is 0 Å². The number of hydrogen-bond acceptors (Lipinski definition) is 4. The van der Waals surface area contributed by atoms with E-state index in [4.69, 9.17) is 10.8 Å². The number of carboxylic acids is 1. The summed E-state index contributed by atoms with van der Waals surface area (Å²) < 4.78 is 51.6. The SMILES string of the molecule is NC(=O)C[C@H](NS(=O)(=O)c1c(F)cc(F)cc1Br)C(=O)O. The summed E-state index contributed by atoms with van der Waals surface area (Å²) in [6.45, 7) is 0. The molecular formula is C10H9BrF2N2O5S. The quantitative estimate of drug-likeness (QED) is 0.649. The fourth-order valence-electron chi connectivity index (χ4n) is 1.41. The Bertz CT molecular complexity index is 672. The van der Waals surface area contributed by atoms with Gasteiger partial charge in [0.15, 0.2) is 0 Å². The van der Waals surface area contributed by atoms with E-state index in [9.17, 15) is 26.8 Å². The topological polar surface area (TPSA) is 127 Å². The Kier molecular flexibility index (Phi) is 5.36. The van der Waals surface area contributed by atoms with Crippen LogP contribution in [0, 0.1) is 11.6 Å². The zero-order chi connectivity index (χ0) is 16.4. The van der Waals surface area contributed by atoms with E-state index in [1.54, 1.807) is 4.72 Å². The second kappa shape index (κ2) is 6.45. The minimum Gasteiger partial charge on any atom is -0.480 e. The molecule has 1 atom stereocenters. The molecule has 0 radical (unpaired) electrons. The van der Waals surface area contributed by atoms with Gasteiger partial charge in [0.25, 0.3) is 0 Å². The maximum absolute atomic E-state index is 13.6. The van der Waals surface area contributed by atoms with Crippen molar-refractivity contribution in [1.29, 1.82) is 0 Å². The minimum atomic E-state index is -4.66. The molecule has 0 unspecified atom stereocenters. The second-order valence-corrected chi connectivity index (χ2v) is 6.39. The number of rotatable bonds is 6. The molecule has 4 N–H and O–H groups in total. The Morgan fingerprint density at radius 1 is 1.38 bits per heavy atom. The number of nitrogens with two attached hydrogens (primary N) is 1. The molecule has 0 fully saturated rings. The molecule has 0 heterocycles. The molecule has 1 rings (SSSR count). The monoisotopic (exact) mass is 386 g/mol. The lowest BCUT2D eigenvalue weighted by molar-refractivity contribution is -0.140. The molecule has 0 bridgehead atoms. The molecule has 0 spiro atoms. The first-order valence-corrected chi connectivity index (χ1v) is 7.50. The number of aliphatic carboxylic acids is 1. The van der Waals surface area contributed by atoms with Gasteiger partial charge in [0, 0.05) is 10.5 Å². The number of primary amides is 1. The van der Waals surface area contributed by atoms with E-state index in [0.717, 1.165) is 0 Å². The number of amides is 1. The van der Waals surface area contributed by atoms with E-state index in [1.165, 1.54) is 0 Å². The minimum absolute atomic E-state index is 0.323. The number of sulfonamides is 1. The number of carboxylic acid groups (broad SMARTS) is 1. The normalized spacial score (nSPS) is 12.9. The maximum atomic E-state index is 13.6. The molecule has 0 aliphatic rings. The summed E-state index contributed by atoms with van der Waals surface area (Å²) in [7, 11) is -4.66. The highest BCUT2D eigenvalue weighted by atomic mass is 79.9. The van der Waals surface area contributed by atoms with Gasteiger partial charge in [-0.15, -0.1) is 0 Å². The van der Waals surface area contributed by atoms with Gasteiger partial charge < -0.3 is 10.8 Å². The van der Waals surface area contributed by atoms with Crippen molar-refractivity contribution in [3.63, 3.8) is 0 Å². The van der Waals surface area contributed by atoms with Gasteiger partial charge in [0.05, 0.1) is 6.42 Å². The van der Waals surface area contributed by atoms with Gasteiger partial charge in [0.1, 0.15) is 22.6 Å². The zero-order valence-corrected chi connectivity index (χ0v) is 12.5. The van der Waals surface area contributed by atoms with Crippen molar-refractivity contribution in [1.82, 2.24) is 4.72 Å². The molecule has 1 amide bonds. The molecule has 1 aromatic rings. The van der Waals surface area contributed by atoms with Gasteiger partial charge in [0.2, 0.25) is 15.9 Å². The molecule has 21 heavy (non-hydrogen) atoms.